The van der Waals surface area contributed by atoms with Crippen LogP contribution >= 0.6 is 24.8 Å². The molecule has 1 unspecified atom stereocenters. The molecule has 2 fully saturated rings. The number of benzene rings is 1. The van der Waals surface area contributed by atoms with Crippen molar-refractivity contribution < 1.29 is 4.79 Å². The SMILES string of the molecule is Cc1c(C(=O)NC(C)c2cccc(N3CCCC3)c2)nnn1C1CCNCC1.Cl.Cl. The van der Waals surface area contributed by atoms with E-state index in [-0.39, 0.29) is 36.8 Å². The Morgan fingerprint density at radius 2 is 1.90 bits per heavy atom. The van der Waals surface area contributed by atoms with Gasteiger partial charge in [0.15, 0.2) is 5.69 Å². The normalized spacial score (nSPS) is 17.7. The van der Waals surface area contributed by atoms with E-state index in [4.69, 9.17) is 0 Å². The number of rotatable bonds is 5. The second-order valence-corrected chi connectivity index (χ2v) is 7.93. The molecule has 1 aromatic carbocycles. The van der Waals surface area contributed by atoms with Crippen molar-refractivity contribution in [2.75, 3.05) is 31.1 Å². The van der Waals surface area contributed by atoms with Crippen LogP contribution in [-0.4, -0.2) is 47.1 Å². The fourth-order valence-electron chi connectivity index (χ4n) is 4.26. The van der Waals surface area contributed by atoms with Gasteiger partial charge in [-0.25, -0.2) is 4.68 Å². The second-order valence-electron chi connectivity index (χ2n) is 7.93. The monoisotopic (exact) mass is 454 g/mol. The Kier molecular flexibility index (Phi) is 8.94. The summed E-state index contributed by atoms with van der Waals surface area (Å²) >= 11 is 0. The minimum Gasteiger partial charge on any atom is -0.372 e. The molecular formula is C21H32Cl2N6O. The molecule has 2 aliphatic heterocycles. The van der Waals surface area contributed by atoms with Crippen LogP contribution in [0.1, 0.15) is 66.4 Å². The lowest BCUT2D eigenvalue weighted by atomic mass is 10.1. The zero-order chi connectivity index (χ0) is 19.5. The van der Waals surface area contributed by atoms with E-state index in [9.17, 15) is 4.79 Å². The lowest BCUT2D eigenvalue weighted by molar-refractivity contribution is 0.0934. The Morgan fingerprint density at radius 1 is 1.20 bits per heavy atom. The summed E-state index contributed by atoms with van der Waals surface area (Å²) in [4.78, 5) is 15.2. The summed E-state index contributed by atoms with van der Waals surface area (Å²) in [6.07, 6.45) is 4.54. The van der Waals surface area contributed by atoms with Crippen LogP contribution in [-0.2, 0) is 0 Å². The highest BCUT2D eigenvalue weighted by molar-refractivity contribution is 5.93. The fourth-order valence-corrected chi connectivity index (χ4v) is 4.26. The van der Waals surface area contributed by atoms with Crippen molar-refractivity contribution in [1.29, 1.82) is 0 Å². The average Bonchev–Trinajstić information content (AvgIpc) is 3.39. The van der Waals surface area contributed by atoms with Crippen molar-refractivity contribution in [3.63, 3.8) is 0 Å². The van der Waals surface area contributed by atoms with Crippen LogP contribution in [0.3, 0.4) is 0 Å². The molecule has 4 rings (SSSR count). The van der Waals surface area contributed by atoms with Gasteiger partial charge in [-0.1, -0.05) is 17.3 Å². The summed E-state index contributed by atoms with van der Waals surface area (Å²) in [6, 6.07) is 8.73. The van der Waals surface area contributed by atoms with Gasteiger partial charge >= 0.3 is 0 Å². The highest BCUT2D eigenvalue weighted by Gasteiger charge is 2.24. The minimum absolute atomic E-state index is 0. The molecule has 0 radical (unpaired) electrons. The Morgan fingerprint density at radius 3 is 2.60 bits per heavy atom. The highest BCUT2D eigenvalue weighted by atomic mass is 35.5. The number of carbonyl (C=O) groups excluding carboxylic acids is 1. The van der Waals surface area contributed by atoms with E-state index in [0.29, 0.717) is 11.7 Å². The van der Waals surface area contributed by atoms with E-state index in [2.05, 4.69) is 50.1 Å². The molecule has 0 saturated carbocycles. The van der Waals surface area contributed by atoms with Crippen molar-refractivity contribution in [1.82, 2.24) is 25.6 Å². The predicted molar refractivity (Wildman–Crippen MR) is 124 cm³/mol. The van der Waals surface area contributed by atoms with Crippen molar-refractivity contribution in [2.45, 2.75) is 51.6 Å². The topological polar surface area (TPSA) is 75.1 Å². The largest absolute Gasteiger partial charge is 0.372 e. The first-order valence-corrected chi connectivity index (χ1v) is 10.4. The smallest absolute Gasteiger partial charge is 0.274 e. The number of nitrogens with one attached hydrogen (secondary N) is 2. The van der Waals surface area contributed by atoms with E-state index in [1.165, 1.54) is 18.5 Å². The van der Waals surface area contributed by atoms with Crippen LogP contribution in [0.15, 0.2) is 24.3 Å². The first-order valence-electron chi connectivity index (χ1n) is 10.4. The molecule has 9 heteroatoms. The fraction of sp³-hybridized carbons (Fsp3) is 0.571. The summed E-state index contributed by atoms with van der Waals surface area (Å²) in [5, 5.41) is 14.9. The quantitative estimate of drug-likeness (QED) is 0.723. The number of amides is 1. The van der Waals surface area contributed by atoms with Gasteiger partial charge in [0.25, 0.3) is 5.91 Å². The summed E-state index contributed by atoms with van der Waals surface area (Å²) in [7, 11) is 0. The van der Waals surface area contributed by atoms with Gasteiger partial charge in [-0.3, -0.25) is 4.79 Å². The number of piperidine rings is 1. The molecule has 7 nitrogen and oxygen atoms in total. The van der Waals surface area contributed by atoms with Crippen molar-refractivity contribution in [2.24, 2.45) is 0 Å². The molecular weight excluding hydrogens is 423 g/mol. The molecule has 3 heterocycles. The molecule has 2 aromatic rings. The molecule has 1 amide bonds. The van der Waals surface area contributed by atoms with Gasteiger partial charge in [0, 0.05) is 18.8 Å². The molecule has 2 saturated heterocycles. The maximum absolute atomic E-state index is 12.8. The van der Waals surface area contributed by atoms with Gasteiger partial charge in [-0.15, -0.1) is 29.9 Å². The number of anilines is 1. The molecule has 166 valence electrons. The third kappa shape index (κ3) is 5.25. The molecule has 0 spiro atoms. The number of carbonyl (C=O) groups is 1. The number of halogens is 2. The van der Waals surface area contributed by atoms with E-state index in [0.717, 1.165) is 50.3 Å². The van der Waals surface area contributed by atoms with Gasteiger partial charge in [-0.2, -0.15) is 0 Å². The second kappa shape index (κ2) is 11.0. The molecule has 2 N–H and O–H groups in total. The number of hydrogen-bond acceptors (Lipinski definition) is 5. The number of aromatic nitrogens is 3. The first kappa shape index (κ1) is 24.4. The van der Waals surface area contributed by atoms with E-state index in [1.54, 1.807) is 0 Å². The zero-order valence-corrected chi connectivity index (χ0v) is 19.3. The lowest BCUT2D eigenvalue weighted by Crippen LogP contribution is -2.31. The Bertz CT molecular complexity index is 831. The van der Waals surface area contributed by atoms with Crippen LogP contribution in [0, 0.1) is 6.92 Å². The van der Waals surface area contributed by atoms with Crippen molar-refractivity contribution in [3.8, 4) is 0 Å². The molecule has 0 bridgehead atoms. The van der Waals surface area contributed by atoms with Crippen LogP contribution in [0.2, 0.25) is 0 Å². The maximum Gasteiger partial charge on any atom is 0.274 e. The van der Waals surface area contributed by atoms with E-state index in [1.807, 2.05) is 18.5 Å². The zero-order valence-electron chi connectivity index (χ0n) is 17.6. The summed E-state index contributed by atoms with van der Waals surface area (Å²) in [5.74, 6) is -0.156. The molecule has 0 aliphatic carbocycles. The first-order chi connectivity index (χ1) is 13.6. The Labute approximate surface area is 190 Å². The van der Waals surface area contributed by atoms with Crippen molar-refractivity contribution in [3.05, 3.63) is 41.2 Å². The molecule has 1 atom stereocenters. The Hall–Kier alpha value is -1.83. The summed E-state index contributed by atoms with van der Waals surface area (Å²) in [5.41, 5.74) is 3.63. The minimum atomic E-state index is -0.156. The number of nitrogens with zero attached hydrogens (tertiary/aromatic N) is 4. The van der Waals surface area contributed by atoms with Gasteiger partial charge in [-0.05, 0) is 70.3 Å². The molecule has 2 aliphatic rings. The van der Waals surface area contributed by atoms with Gasteiger partial charge in [0.2, 0.25) is 0 Å². The third-order valence-corrected chi connectivity index (χ3v) is 5.99. The van der Waals surface area contributed by atoms with Crippen LogP contribution in [0.4, 0.5) is 5.69 Å². The van der Waals surface area contributed by atoms with Gasteiger partial charge in [0.05, 0.1) is 17.8 Å². The maximum atomic E-state index is 12.8. The number of hydrogen-bond donors (Lipinski definition) is 2. The van der Waals surface area contributed by atoms with Crippen LogP contribution in [0.25, 0.3) is 0 Å². The molecule has 1 aromatic heterocycles. The standard InChI is InChI=1S/C21H30N6O.2ClH/c1-15(17-6-5-7-19(14-17)26-12-3-4-13-26)23-21(28)20-16(2)27(25-24-20)18-8-10-22-11-9-18;;/h5-7,14-15,18,22H,3-4,8-13H2,1-2H3,(H,23,28);2*1H. The predicted octanol–water partition coefficient (Wildman–Crippen LogP) is 3.45. The van der Waals surface area contributed by atoms with E-state index >= 15 is 0 Å². The third-order valence-electron chi connectivity index (χ3n) is 5.99. The van der Waals surface area contributed by atoms with Crippen LogP contribution < -0.4 is 15.5 Å². The molecule has 30 heavy (non-hydrogen) atoms. The summed E-state index contributed by atoms with van der Waals surface area (Å²) in [6.45, 7) is 8.15. The van der Waals surface area contributed by atoms with Crippen LogP contribution in [0.5, 0.6) is 0 Å². The Balaban J connectivity index is 0.00000160. The lowest BCUT2D eigenvalue weighted by Gasteiger charge is -2.23. The average molecular weight is 455 g/mol. The van der Waals surface area contributed by atoms with Crippen molar-refractivity contribution >= 4 is 36.4 Å². The van der Waals surface area contributed by atoms with Gasteiger partial charge < -0.3 is 15.5 Å². The highest BCUT2D eigenvalue weighted by Crippen LogP contribution is 2.25. The van der Waals surface area contributed by atoms with Gasteiger partial charge in [0.1, 0.15) is 0 Å². The summed E-state index contributed by atoms with van der Waals surface area (Å²) < 4.78 is 1.93. The van der Waals surface area contributed by atoms with E-state index < -0.39 is 0 Å².